The van der Waals surface area contributed by atoms with E-state index in [0.29, 0.717) is 28.9 Å². The van der Waals surface area contributed by atoms with Gasteiger partial charge in [0.1, 0.15) is 11.6 Å². The van der Waals surface area contributed by atoms with Crippen LogP contribution in [0.4, 0.5) is 0 Å². The molecule has 0 bridgehead atoms. The molecule has 0 aliphatic carbocycles. The van der Waals surface area contributed by atoms with Crippen LogP contribution >= 0.6 is 11.3 Å². The van der Waals surface area contributed by atoms with Crippen molar-refractivity contribution in [3.05, 3.63) is 117 Å². The number of benzene rings is 2. The van der Waals surface area contributed by atoms with Crippen LogP contribution in [0.2, 0.25) is 0 Å². The van der Waals surface area contributed by atoms with E-state index in [4.69, 9.17) is 9.40 Å². The number of carbonyl (C=O) groups excluding carboxylic acids is 1. The molecular weight excluding hydrogens is 470 g/mol. The van der Waals surface area contributed by atoms with E-state index in [0.717, 1.165) is 16.1 Å². The van der Waals surface area contributed by atoms with E-state index in [1.165, 1.54) is 0 Å². The van der Waals surface area contributed by atoms with Crippen LogP contribution in [-0.4, -0.2) is 20.4 Å². The van der Waals surface area contributed by atoms with Crippen LogP contribution in [0.1, 0.15) is 41.4 Å². The standard InChI is InChI=1S/C29H27N3O3S/c1-3-26(31(19-22-8-6-16-35-22)27(33)18-23-9-7-17-36-23)28-30-25-11-5-4-10-24(25)29(34)32(28)21-14-12-20(2)13-15-21/h4-17,26H,3,18-19H2,1-2H3. The molecule has 36 heavy (non-hydrogen) atoms. The number of para-hydroxylation sites is 1. The maximum absolute atomic E-state index is 13.8. The van der Waals surface area contributed by atoms with Crippen molar-refractivity contribution in [3.63, 3.8) is 0 Å². The summed E-state index contributed by atoms with van der Waals surface area (Å²) in [5.74, 6) is 1.17. The first-order valence-electron chi connectivity index (χ1n) is 12.0. The van der Waals surface area contributed by atoms with E-state index < -0.39 is 6.04 Å². The Morgan fingerprint density at radius 3 is 2.56 bits per heavy atom. The number of aryl methyl sites for hydroxylation is 1. The smallest absolute Gasteiger partial charge is 0.266 e. The Balaban J connectivity index is 1.68. The number of hydrogen-bond acceptors (Lipinski definition) is 5. The maximum Gasteiger partial charge on any atom is 0.266 e. The maximum atomic E-state index is 13.8. The number of carbonyl (C=O) groups is 1. The summed E-state index contributed by atoms with van der Waals surface area (Å²) in [5.41, 5.74) is 2.28. The SMILES string of the molecule is CCC(c1nc2ccccc2c(=O)n1-c1ccc(C)cc1)N(Cc1ccco1)C(=O)Cc1cccs1. The van der Waals surface area contributed by atoms with Crippen molar-refractivity contribution >= 4 is 28.1 Å². The molecule has 0 N–H and O–H groups in total. The van der Waals surface area contributed by atoms with Crippen LogP contribution in [0.3, 0.4) is 0 Å². The summed E-state index contributed by atoms with van der Waals surface area (Å²) in [5, 5.41) is 2.51. The van der Waals surface area contributed by atoms with Crippen LogP contribution < -0.4 is 5.56 Å². The largest absolute Gasteiger partial charge is 0.467 e. The summed E-state index contributed by atoms with van der Waals surface area (Å²) in [6.07, 6.45) is 2.46. The lowest BCUT2D eigenvalue weighted by Gasteiger charge is -2.32. The third kappa shape index (κ3) is 4.75. The predicted molar refractivity (Wildman–Crippen MR) is 142 cm³/mol. The molecule has 5 rings (SSSR count). The molecule has 182 valence electrons. The Morgan fingerprint density at radius 1 is 1.06 bits per heavy atom. The highest BCUT2D eigenvalue weighted by molar-refractivity contribution is 7.10. The van der Waals surface area contributed by atoms with Gasteiger partial charge in [0.15, 0.2) is 0 Å². The zero-order valence-electron chi connectivity index (χ0n) is 20.3. The van der Waals surface area contributed by atoms with Crippen LogP contribution in [0.15, 0.2) is 93.7 Å². The Bertz CT molecular complexity index is 1520. The van der Waals surface area contributed by atoms with Gasteiger partial charge in [0, 0.05) is 4.88 Å². The number of amides is 1. The van der Waals surface area contributed by atoms with Gasteiger partial charge in [0.2, 0.25) is 5.91 Å². The van der Waals surface area contributed by atoms with Crippen molar-refractivity contribution < 1.29 is 9.21 Å². The van der Waals surface area contributed by atoms with Gasteiger partial charge >= 0.3 is 0 Å². The second-order valence-corrected chi connectivity index (χ2v) is 9.78. The topological polar surface area (TPSA) is 68.3 Å². The van der Waals surface area contributed by atoms with E-state index >= 15 is 0 Å². The normalized spacial score (nSPS) is 12.1. The van der Waals surface area contributed by atoms with E-state index in [2.05, 4.69) is 0 Å². The first-order chi connectivity index (χ1) is 17.5. The lowest BCUT2D eigenvalue weighted by molar-refractivity contribution is -0.134. The fourth-order valence-corrected chi connectivity index (χ4v) is 5.16. The predicted octanol–water partition coefficient (Wildman–Crippen LogP) is 6.07. The van der Waals surface area contributed by atoms with Gasteiger partial charge in [-0.05, 0) is 61.2 Å². The van der Waals surface area contributed by atoms with Crippen molar-refractivity contribution in [2.45, 2.75) is 39.3 Å². The minimum absolute atomic E-state index is 0.0430. The molecule has 1 amide bonds. The van der Waals surface area contributed by atoms with E-state index in [1.54, 1.807) is 33.1 Å². The molecule has 5 aromatic rings. The first kappa shape index (κ1) is 23.8. The number of rotatable bonds is 8. The van der Waals surface area contributed by atoms with Crippen molar-refractivity contribution in [1.29, 1.82) is 0 Å². The Labute approximate surface area is 213 Å². The molecule has 0 saturated heterocycles. The molecule has 0 fully saturated rings. The second-order valence-electron chi connectivity index (χ2n) is 8.74. The molecule has 7 heteroatoms. The van der Waals surface area contributed by atoms with Crippen molar-refractivity contribution in [2.75, 3.05) is 0 Å². The molecule has 6 nitrogen and oxygen atoms in total. The average molecular weight is 498 g/mol. The average Bonchev–Trinajstić information content (AvgIpc) is 3.59. The third-order valence-electron chi connectivity index (χ3n) is 6.29. The summed E-state index contributed by atoms with van der Waals surface area (Å²) in [7, 11) is 0. The molecule has 3 aromatic heterocycles. The minimum Gasteiger partial charge on any atom is -0.467 e. The molecule has 0 radical (unpaired) electrons. The Kier molecular flexibility index (Phi) is 6.82. The number of aromatic nitrogens is 2. The van der Waals surface area contributed by atoms with Gasteiger partial charge in [-0.25, -0.2) is 4.98 Å². The van der Waals surface area contributed by atoms with Crippen molar-refractivity contribution in [2.24, 2.45) is 0 Å². The van der Waals surface area contributed by atoms with E-state index in [9.17, 15) is 9.59 Å². The molecule has 1 unspecified atom stereocenters. The highest BCUT2D eigenvalue weighted by atomic mass is 32.1. The fraction of sp³-hybridized carbons (Fsp3) is 0.207. The Morgan fingerprint density at radius 2 is 1.86 bits per heavy atom. The van der Waals surface area contributed by atoms with Gasteiger partial charge in [-0.1, -0.05) is 42.8 Å². The first-order valence-corrected chi connectivity index (χ1v) is 12.9. The Hall–Kier alpha value is -3.97. The number of furan rings is 1. The molecule has 0 aliphatic heterocycles. The summed E-state index contributed by atoms with van der Waals surface area (Å²) >= 11 is 1.56. The van der Waals surface area contributed by atoms with Gasteiger partial charge in [0.05, 0.1) is 41.9 Å². The van der Waals surface area contributed by atoms with Gasteiger partial charge in [0.25, 0.3) is 5.56 Å². The van der Waals surface area contributed by atoms with Gasteiger partial charge in [-0.15, -0.1) is 11.3 Å². The summed E-state index contributed by atoms with van der Waals surface area (Å²) in [6, 6.07) is 22.3. The zero-order valence-corrected chi connectivity index (χ0v) is 21.1. The van der Waals surface area contributed by atoms with Crippen LogP contribution in [0.5, 0.6) is 0 Å². The summed E-state index contributed by atoms with van der Waals surface area (Å²) < 4.78 is 7.28. The lowest BCUT2D eigenvalue weighted by Crippen LogP contribution is -2.38. The van der Waals surface area contributed by atoms with Crippen molar-refractivity contribution in [1.82, 2.24) is 14.5 Å². The summed E-state index contributed by atoms with van der Waals surface area (Å²) in [6.45, 7) is 4.31. The molecule has 0 aliphatic rings. The van der Waals surface area contributed by atoms with Gasteiger partial charge < -0.3 is 9.32 Å². The van der Waals surface area contributed by atoms with Crippen LogP contribution in [-0.2, 0) is 17.8 Å². The fourth-order valence-electron chi connectivity index (χ4n) is 4.47. The number of fused-ring (bicyclic) bond motifs is 1. The minimum atomic E-state index is -0.443. The number of thiophene rings is 1. The van der Waals surface area contributed by atoms with Crippen molar-refractivity contribution in [3.8, 4) is 5.69 Å². The molecule has 0 spiro atoms. The molecular formula is C29H27N3O3S. The quantitative estimate of drug-likeness (QED) is 0.261. The third-order valence-corrected chi connectivity index (χ3v) is 7.16. The van der Waals surface area contributed by atoms with Crippen LogP contribution in [0.25, 0.3) is 16.6 Å². The molecule has 2 aromatic carbocycles. The molecule has 3 heterocycles. The highest BCUT2D eigenvalue weighted by Crippen LogP contribution is 2.29. The molecule has 0 saturated carbocycles. The highest BCUT2D eigenvalue weighted by Gasteiger charge is 2.30. The monoisotopic (exact) mass is 497 g/mol. The van der Waals surface area contributed by atoms with Gasteiger partial charge in [-0.2, -0.15) is 0 Å². The zero-order chi connectivity index (χ0) is 25.1. The lowest BCUT2D eigenvalue weighted by atomic mass is 10.1. The number of hydrogen-bond donors (Lipinski definition) is 0. The van der Waals surface area contributed by atoms with E-state index in [-0.39, 0.29) is 24.4 Å². The van der Waals surface area contributed by atoms with E-state index in [1.807, 2.05) is 86.0 Å². The van der Waals surface area contributed by atoms with Gasteiger partial charge in [-0.3, -0.25) is 14.2 Å². The second kappa shape index (κ2) is 10.3. The molecule has 1 atom stereocenters. The van der Waals surface area contributed by atoms with Crippen LogP contribution in [0, 0.1) is 6.92 Å². The number of nitrogens with zero attached hydrogens (tertiary/aromatic N) is 3. The summed E-state index contributed by atoms with van der Waals surface area (Å²) in [4.78, 5) is 35.3.